The van der Waals surface area contributed by atoms with Crippen molar-refractivity contribution in [3.05, 3.63) is 101 Å². The maximum absolute atomic E-state index is 12.2. The third kappa shape index (κ3) is 4.82. The van der Waals surface area contributed by atoms with Gasteiger partial charge in [-0.2, -0.15) is 0 Å². The van der Waals surface area contributed by atoms with E-state index in [1.807, 2.05) is 19.1 Å². The van der Waals surface area contributed by atoms with Gasteiger partial charge in [0.2, 0.25) is 0 Å². The van der Waals surface area contributed by atoms with Crippen molar-refractivity contribution in [1.82, 2.24) is 10.9 Å². The first-order chi connectivity index (χ1) is 13.5. The molecular weight excluding hydrogens is 354 g/mol. The first-order valence-corrected chi connectivity index (χ1v) is 8.67. The number of hydrogen-bond acceptors (Lipinski definition) is 3. The second-order valence-corrected chi connectivity index (χ2v) is 6.17. The number of anilines is 1. The second-order valence-electron chi connectivity index (χ2n) is 6.17. The molecule has 0 fully saturated rings. The van der Waals surface area contributed by atoms with Gasteiger partial charge in [-0.1, -0.05) is 35.9 Å². The molecule has 140 valence electrons. The van der Waals surface area contributed by atoms with Crippen molar-refractivity contribution < 1.29 is 14.4 Å². The van der Waals surface area contributed by atoms with Gasteiger partial charge in [0.05, 0.1) is 0 Å². The van der Waals surface area contributed by atoms with Crippen molar-refractivity contribution in [2.24, 2.45) is 0 Å². The molecule has 0 aliphatic heterocycles. The highest BCUT2D eigenvalue weighted by atomic mass is 16.2. The predicted molar refractivity (Wildman–Crippen MR) is 107 cm³/mol. The Hall–Kier alpha value is -3.93. The molecule has 0 aliphatic carbocycles. The smallest absolute Gasteiger partial charge is 0.269 e. The maximum Gasteiger partial charge on any atom is 0.269 e. The first-order valence-electron chi connectivity index (χ1n) is 8.67. The van der Waals surface area contributed by atoms with Gasteiger partial charge >= 0.3 is 0 Å². The molecule has 3 N–H and O–H groups in total. The highest BCUT2D eigenvalue weighted by molar-refractivity contribution is 6.04. The fourth-order valence-corrected chi connectivity index (χ4v) is 2.46. The topological polar surface area (TPSA) is 87.3 Å². The minimum atomic E-state index is -0.458. The number of rotatable bonds is 4. The van der Waals surface area contributed by atoms with Crippen LogP contribution in [0, 0.1) is 6.92 Å². The van der Waals surface area contributed by atoms with E-state index in [1.165, 1.54) is 0 Å². The molecule has 6 heteroatoms. The third-order valence-corrected chi connectivity index (χ3v) is 4.04. The van der Waals surface area contributed by atoms with Crippen molar-refractivity contribution in [2.45, 2.75) is 6.92 Å². The molecule has 0 aliphatic rings. The largest absolute Gasteiger partial charge is 0.322 e. The molecular formula is C22H19N3O3. The summed E-state index contributed by atoms with van der Waals surface area (Å²) in [6.07, 6.45) is 0. The predicted octanol–water partition coefficient (Wildman–Crippen LogP) is 3.32. The summed E-state index contributed by atoms with van der Waals surface area (Å²) in [5.41, 5.74) is 7.71. The average molecular weight is 373 g/mol. The number of benzene rings is 3. The van der Waals surface area contributed by atoms with Crippen LogP contribution in [-0.2, 0) is 0 Å². The van der Waals surface area contributed by atoms with Crippen molar-refractivity contribution in [3.8, 4) is 0 Å². The van der Waals surface area contributed by atoms with Crippen molar-refractivity contribution >= 4 is 23.4 Å². The van der Waals surface area contributed by atoms with Crippen LogP contribution in [0.1, 0.15) is 36.6 Å². The highest BCUT2D eigenvalue weighted by Gasteiger charge is 2.10. The van der Waals surface area contributed by atoms with Crippen molar-refractivity contribution in [1.29, 1.82) is 0 Å². The molecule has 0 heterocycles. The van der Waals surface area contributed by atoms with Crippen LogP contribution in [0.2, 0.25) is 0 Å². The Balaban J connectivity index is 1.56. The van der Waals surface area contributed by atoms with Gasteiger partial charge in [-0.25, -0.2) is 0 Å². The van der Waals surface area contributed by atoms with E-state index in [0.717, 1.165) is 5.56 Å². The Morgan fingerprint density at radius 1 is 0.571 bits per heavy atom. The molecule has 3 amide bonds. The molecule has 0 spiro atoms. The summed E-state index contributed by atoms with van der Waals surface area (Å²) in [5.74, 6) is -1.09. The molecule has 3 aromatic rings. The first kappa shape index (κ1) is 18.8. The van der Waals surface area contributed by atoms with Crippen molar-refractivity contribution in [3.63, 3.8) is 0 Å². The van der Waals surface area contributed by atoms with Crippen LogP contribution < -0.4 is 16.2 Å². The van der Waals surface area contributed by atoms with Crippen molar-refractivity contribution in [2.75, 3.05) is 5.32 Å². The summed E-state index contributed by atoms with van der Waals surface area (Å²) in [4.78, 5) is 36.3. The monoisotopic (exact) mass is 373 g/mol. The molecule has 28 heavy (non-hydrogen) atoms. The molecule has 3 rings (SSSR count). The number of carbonyl (C=O) groups is 3. The van der Waals surface area contributed by atoms with Gasteiger partial charge in [0.15, 0.2) is 0 Å². The zero-order valence-electron chi connectivity index (χ0n) is 15.2. The Morgan fingerprint density at radius 3 is 1.61 bits per heavy atom. The van der Waals surface area contributed by atoms with E-state index in [0.29, 0.717) is 22.4 Å². The lowest BCUT2D eigenvalue weighted by Crippen LogP contribution is -2.41. The van der Waals surface area contributed by atoms with E-state index >= 15 is 0 Å². The Kier molecular flexibility index (Phi) is 5.81. The molecule has 3 aromatic carbocycles. The van der Waals surface area contributed by atoms with E-state index in [4.69, 9.17) is 0 Å². The zero-order valence-corrected chi connectivity index (χ0v) is 15.2. The lowest BCUT2D eigenvalue weighted by Gasteiger charge is -2.09. The van der Waals surface area contributed by atoms with Gasteiger partial charge in [0.25, 0.3) is 17.7 Å². The van der Waals surface area contributed by atoms with Crippen LogP contribution >= 0.6 is 0 Å². The molecule has 0 bridgehead atoms. The van der Waals surface area contributed by atoms with Gasteiger partial charge in [-0.15, -0.1) is 0 Å². The fraction of sp³-hybridized carbons (Fsp3) is 0.0455. The molecule has 0 radical (unpaired) electrons. The number of carbonyl (C=O) groups excluding carboxylic acids is 3. The third-order valence-electron chi connectivity index (χ3n) is 4.04. The summed E-state index contributed by atoms with van der Waals surface area (Å²) in [6.45, 7) is 1.95. The van der Waals surface area contributed by atoms with E-state index in [9.17, 15) is 14.4 Å². The number of nitrogens with one attached hydrogen (secondary N) is 3. The van der Waals surface area contributed by atoms with E-state index < -0.39 is 11.8 Å². The minimum absolute atomic E-state index is 0.229. The Bertz CT molecular complexity index is 982. The highest BCUT2D eigenvalue weighted by Crippen LogP contribution is 2.12. The van der Waals surface area contributed by atoms with Crippen LogP contribution in [0.25, 0.3) is 0 Å². The minimum Gasteiger partial charge on any atom is -0.322 e. The van der Waals surface area contributed by atoms with Crippen LogP contribution in [0.15, 0.2) is 78.9 Å². The quantitative estimate of drug-likeness (QED) is 0.613. The van der Waals surface area contributed by atoms with E-state index in [1.54, 1.807) is 66.7 Å². The average Bonchev–Trinajstić information content (AvgIpc) is 2.73. The maximum atomic E-state index is 12.2. The van der Waals surface area contributed by atoms with Crippen LogP contribution in [0.4, 0.5) is 5.69 Å². The molecule has 0 aromatic heterocycles. The van der Waals surface area contributed by atoms with Gasteiger partial charge in [0, 0.05) is 22.4 Å². The molecule has 0 unspecified atom stereocenters. The summed E-state index contributed by atoms with van der Waals surface area (Å²) in [5, 5.41) is 2.78. The lowest BCUT2D eigenvalue weighted by atomic mass is 10.1. The van der Waals surface area contributed by atoms with Gasteiger partial charge in [-0.3, -0.25) is 25.2 Å². The Morgan fingerprint density at radius 2 is 1.04 bits per heavy atom. The van der Waals surface area contributed by atoms with Gasteiger partial charge in [0.1, 0.15) is 0 Å². The zero-order chi connectivity index (χ0) is 19.9. The summed E-state index contributed by atoms with van der Waals surface area (Å²) >= 11 is 0. The van der Waals surface area contributed by atoms with Crippen LogP contribution in [-0.4, -0.2) is 17.7 Å². The normalized spacial score (nSPS) is 10.0. The number of aryl methyl sites for hydroxylation is 1. The number of hydrogen-bond donors (Lipinski definition) is 3. The molecule has 0 saturated heterocycles. The SMILES string of the molecule is Cc1ccc(C(=O)Nc2ccc(C(=O)NNC(=O)c3ccccc3)cc2)cc1. The second kappa shape index (κ2) is 8.64. The fourth-order valence-electron chi connectivity index (χ4n) is 2.46. The van der Waals surface area contributed by atoms with Crippen LogP contribution in [0.5, 0.6) is 0 Å². The summed E-state index contributed by atoms with van der Waals surface area (Å²) in [6, 6.07) is 22.2. The molecule has 0 saturated carbocycles. The van der Waals surface area contributed by atoms with E-state index in [-0.39, 0.29) is 5.91 Å². The van der Waals surface area contributed by atoms with Gasteiger partial charge < -0.3 is 5.32 Å². The Labute approximate surface area is 162 Å². The molecule has 0 atom stereocenters. The lowest BCUT2D eigenvalue weighted by molar-refractivity contribution is 0.0846. The van der Waals surface area contributed by atoms with Gasteiger partial charge in [-0.05, 0) is 55.5 Å². The number of hydrazine groups is 1. The summed E-state index contributed by atoms with van der Waals surface area (Å²) < 4.78 is 0. The molecule has 6 nitrogen and oxygen atoms in total. The van der Waals surface area contributed by atoms with Crippen LogP contribution in [0.3, 0.4) is 0 Å². The summed E-state index contributed by atoms with van der Waals surface area (Å²) in [7, 11) is 0. The number of amides is 3. The standard InChI is InChI=1S/C22H19N3O3/c1-15-7-9-17(10-8-15)20(26)23-19-13-11-18(12-14-19)22(28)25-24-21(27)16-5-3-2-4-6-16/h2-14H,1H3,(H,23,26)(H,24,27)(H,25,28). The van der Waals surface area contributed by atoms with E-state index in [2.05, 4.69) is 16.2 Å².